The lowest BCUT2D eigenvalue weighted by Gasteiger charge is -2.17. The molecule has 1 aliphatic rings. The van der Waals surface area contributed by atoms with Gasteiger partial charge in [0.15, 0.2) is 16.6 Å². The normalized spacial score (nSPS) is 14.9. The van der Waals surface area contributed by atoms with Gasteiger partial charge in [-0.2, -0.15) is 0 Å². The van der Waals surface area contributed by atoms with Crippen LogP contribution in [0.1, 0.15) is 11.1 Å². The van der Waals surface area contributed by atoms with E-state index >= 15 is 0 Å². The van der Waals surface area contributed by atoms with Gasteiger partial charge in [0, 0.05) is 17.6 Å². The molecule has 0 N–H and O–H groups in total. The minimum Gasteiger partial charge on any atom is -0.493 e. The maximum Gasteiger partial charge on any atom is 0.325 e. The van der Waals surface area contributed by atoms with Crippen LogP contribution in [0.2, 0.25) is 5.02 Å². The zero-order valence-electron chi connectivity index (χ0n) is 17.3. The highest BCUT2D eigenvalue weighted by molar-refractivity contribution is 7.80. The lowest BCUT2D eigenvalue weighted by Crippen LogP contribution is -2.33. The SMILES string of the molecule is COC(=O)CN1C(=S)N(C)C(=O)C1=Cc1ccc(OCc2ccccc2Cl)c(OC)c1. The molecular formula is C22H21ClN2O5S. The van der Waals surface area contributed by atoms with Crippen LogP contribution in [0.15, 0.2) is 48.2 Å². The monoisotopic (exact) mass is 460 g/mol. The van der Waals surface area contributed by atoms with E-state index in [9.17, 15) is 9.59 Å². The third-order valence-corrected chi connectivity index (χ3v) is 5.54. The number of carbonyl (C=O) groups is 2. The van der Waals surface area contributed by atoms with Gasteiger partial charge in [-0.05, 0) is 42.1 Å². The van der Waals surface area contributed by atoms with Crippen LogP contribution in [0.4, 0.5) is 0 Å². The number of carbonyl (C=O) groups excluding carboxylic acids is 2. The van der Waals surface area contributed by atoms with Crippen molar-refractivity contribution in [2.24, 2.45) is 0 Å². The van der Waals surface area contributed by atoms with E-state index in [1.807, 2.05) is 18.2 Å². The smallest absolute Gasteiger partial charge is 0.325 e. The molecule has 1 aliphatic heterocycles. The van der Waals surface area contributed by atoms with Crippen molar-refractivity contribution in [1.82, 2.24) is 9.80 Å². The molecule has 9 heteroatoms. The summed E-state index contributed by atoms with van der Waals surface area (Å²) in [6.07, 6.45) is 1.64. The third-order valence-electron chi connectivity index (χ3n) is 4.68. The summed E-state index contributed by atoms with van der Waals surface area (Å²) in [7, 11) is 4.37. The number of methoxy groups -OCH3 is 2. The van der Waals surface area contributed by atoms with Crippen LogP contribution in [0.5, 0.6) is 11.5 Å². The zero-order chi connectivity index (χ0) is 22.5. The Balaban J connectivity index is 1.86. The average molecular weight is 461 g/mol. The number of likely N-dealkylation sites (N-methyl/N-ethyl adjacent to an activating group) is 1. The van der Waals surface area contributed by atoms with Gasteiger partial charge in [-0.1, -0.05) is 35.9 Å². The highest BCUT2D eigenvalue weighted by Crippen LogP contribution is 2.31. The van der Waals surface area contributed by atoms with Crippen LogP contribution in [0.3, 0.4) is 0 Å². The van der Waals surface area contributed by atoms with Crippen molar-refractivity contribution in [3.8, 4) is 11.5 Å². The minimum atomic E-state index is -0.503. The summed E-state index contributed by atoms with van der Waals surface area (Å²) in [5, 5.41) is 0.849. The van der Waals surface area contributed by atoms with Crippen molar-refractivity contribution in [3.63, 3.8) is 0 Å². The Morgan fingerprint density at radius 1 is 1.16 bits per heavy atom. The van der Waals surface area contributed by atoms with Crippen LogP contribution < -0.4 is 9.47 Å². The van der Waals surface area contributed by atoms with Crippen molar-refractivity contribution in [1.29, 1.82) is 0 Å². The first-order valence-electron chi connectivity index (χ1n) is 9.28. The number of halogens is 1. The van der Waals surface area contributed by atoms with E-state index in [1.165, 1.54) is 24.0 Å². The highest BCUT2D eigenvalue weighted by Gasteiger charge is 2.36. The molecule has 2 aromatic rings. The fourth-order valence-corrected chi connectivity index (χ4v) is 3.40. The maximum absolute atomic E-state index is 12.6. The second-order valence-electron chi connectivity index (χ2n) is 6.63. The molecule has 2 aromatic carbocycles. The van der Waals surface area contributed by atoms with Gasteiger partial charge in [0.2, 0.25) is 0 Å². The second kappa shape index (κ2) is 9.80. The van der Waals surface area contributed by atoms with Crippen LogP contribution in [-0.4, -0.2) is 54.6 Å². The summed E-state index contributed by atoms with van der Waals surface area (Å²) in [5.74, 6) is 0.202. The van der Waals surface area contributed by atoms with E-state index in [0.29, 0.717) is 22.1 Å². The number of hydrogen-bond donors (Lipinski definition) is 0. The van der Waals surface area contributed by atoms with Crippen molar-refractivity contribution >= 4 is 46.9 Å². The first-order valence-corrected chi connectivity index (χ1v) is 10.1. The fraction of sp³-hybridized carbons (Fsp3) is 0.227. The van der Waals surface area contributed by atoms with E-state index in [0.717, 1.165) is 5.56 Å². The first-order chi connectivity index (χ1) is 14.8. The van der Waals surface area contributed by atoms with E-state index in [4.69, 9.17) is 38.0 Å². The summed E-state index contributed by atoms with van der Waals surface area (Å²) in [5.41, 5.74) is 1.80. The molecule has 1 fully saturated rings. The third kappa shape index (κ3) is 4.98. The lowest BCUT2D eigenvalue weighted by molar-refractivity contribution is -0.140. The Bertz CT molecular complexity index is 1060. The molecule has 0 aromatic heterocycles. The fourth-order valence-electron chi connectivity index (χ4n) is 2.97. The van der Waals surface area contributed by atoms with Gasteiger partial charge in [0.1, 0.15) is 18.8 Å². The van der Waals surface area contributed by atoms with E-state index in [-0.39, 0.29) is 29.9 Å². The molecule has 0 radical (unpaired) electrons. The van der Waals surface area contributed by atoms with Crippen LogP contribution in [0, 0.1) is 0 Å². The largest absolute Gasteiger partial charge is 0.493 e. The number of ether oxygens (including phenoxy) is 3. The standard InChI is InChI=1S/C22H21ClN2O5S/c1-24-21(27)17(25(22(24)31)12-20(26)29-3)10-14-8-9-18(19(11-14)28-2)30-13-15-6-4-5-7-16(15)23/h4-11H,12-13H2,1-3H3. The summed E-state index contributed by atoms with van der Waals surface area (Å²) >= 11 is 11.5. The minimum absolute atomic E-state index is 0.159. The Hall–Kier alpha value is -3.10. The summed E-state index contributed by atoms with van der Waals surface area (Å²) in [6, 6.07) is 12.7. The van der Waals surface area contributed by atoms with Gasteiger partial charge in [-0.15, -0.1) is 0 Å². The molecule has 0 saturated carbocycles. The molecule has 0 unspecified atom stereocenters. The molecule has 1 heterocycles. The maximum atomic E-state index is 12.6. The van der Waals surface area contributed by atoms with E-state index < -0.39 is 5.97 Å². The van der Waals surface area contributed by atoms with E-state index in [1.54, 1.807) is 37.4 Å². The Morgan fingerprint density at radius 2 is 1.90 bits per heavy atom. The second-order valence-corrected chi connectivity index (χ2v) is 7.40. The van der Waals surface area contributed by atoms with Gasteiger partial charge < -0.3 is 19.1 Å². The van der Waals surface area contributed by atoms with Gasteiger partial charge in [-0.3, -0.25) is 14.5 Å². The van der Waals surface area contributed by atoms with Crippen LogP contribution >= 0.6 is 23.8 Å². The number of amides is 1. The van der Waals surface area contributed by atoms with Gasteiger partial charge in [0.05, 0.1) is 14.2 Å². The molecule has 0 atom stereocenters. The Kier molecular flexibility index (Phi) is 7.14. The predicted molar refractivity (Wildman–Crippen MR) is 121 cm³/mol. The Labute approximate surface area is 190 Å². The molecule has 0 bridgehead atoms. The molecule has 3 rings (SSSR count). The predicted octanol–water partition coefficient (Wildman–Crippen LogP) is 3.50. The van der Waals surface area contributed by atoms with Crippen molar-refractivity contribution < 1.29 is 23.8 Å². The first kappa shape index (κ1) is 22.6. The quantitative estimate of drug-likeness (QED) is 0.356. The number of nitrogens with zero attached hydrogens (tertiary/aromatic N) is 2. The highest BCUT2D eigenvalue weighted by atomic mass is 35.5. The molecule has 31 heavy (non-hydrogen) atoms. The van der Waals surface area contributed by atoms with E-state index in [2.05, 4.69) is 0 Å². The van der Waals surface area contributed by atoms with Gasteiger partial charge in [-0.25, -0.2) is 0 Å². The molecule has 0 spiro atoms. The zero-order valence-corrected chi connectivity index (χ0v) is 18.8. The van der Waals surface area contributed by atoms with Crippen LogP contribution in [-0.2, 0) is 20.9 Å². The Morgan fingerprint density at radius 3 is 2.58 bits per heavy atom. The topological polar surface area (TPSA) is 68.3 Å². The number of thiocarbonyl (C=S) groups is 1. The van der Waals surface area contributed by atoms with Gasteiger partial charge >= 0.3 is 5.97 Å². The van der Waals surface area contributed by atoms with Crippen LogP contribution in [0.25, 0.3) is 6.08 Å². The molecule has 162 valence electrons. The number of esters is 1. The van der Waals surface area contributed by atoms with Crippen molar-refractivity contribution in [3.05, 3.63) is 64.3 Å². The lowest BCUT2D eigenvalue weighted by atomic mass is 10.1. The van der Waals surface area contributed by atoms with Crippen molar-refractivity contribution in [2.45, 2.75) is 6.61 Å². The molecular weight excluding hydrogens is 440 g/mol. The van der Waals surface area contributed by atoms with Gasteiger partial charge in [0.25, 0.3) is 5.91 Å². The molecule has 0 aliphatic carbocycles. The number of rotatable bonds is 7. The van der Waals surface area contributed by atoms with Crippen molar-refractivity contribution in [2.75, 3.05) is 27.8 Å². The number of hydrogen-bond acceptors (Lipinski definition) is 6. The summed E-state index contributed by atoms with van der Waals surface area (Å²) in [4.78, 5) is 27.1. The molecule has 1 amide bonds. The summed E-state index contributed by atoms with van der Waals surface area (Å²) < 4.78 is 16.0. The summed E-state index contributed by atoms with van der Waals surface area (Å²) in [6.45, 7) is 0.119. The average Bonchev–Trinajstić information content (AvgIpc) is 2.97. The number of benzene rings is 2. The molecule has 1 saturated heterocycles. The molecule has 7 nitrogen and oxygen atoms in total.